The van der Waals surface area contributed by atoms with E-state index in [4.69, 9.17) is 11.6 Å². The zero-order valence-corrected chi connectivity index (χ0v) is 16.7. The number of carbonyl (C=O) groups excluding carboxylic acids is 2. The molecule has 2 fully saturated rings. The minimum absolute atomic E-state index is 0.120. The number of piperazine rings is 1. The first-order valence-electron chi connectivity index (χ1n) is 9.88. The van der Waals surface area contributed by atoms with Crippen molar-refractivity contribution in [3.63, 3.8) is 0 Å². The molecule has 0 saturated carbocycles. The van der Waals surface area contributed by atoms with Gasteiger partial charge in [0.15, 0.2) is 0 Å². The maximum Gasteiger partial charge on any atom is 0.239 e. The van der Waals surface area contributed by atoms with E-state index in [2.05, 4.69) is 22.0 Å². The van der Waals surface area contributed by atoms with Gasteiger partial charge in [-0.25, -0.2) is 0 Å². The molecule has 7 heteroatoms. The molecule has 0 unspecified atom stereocenters. The maximum absolute atomic E-state index is 12.6. The number of halogens is 1. The Bertz CT molecular complexity index is 644. The predicted molar refractivity (Wildman–Crippen MR) is 108 cm³/mol. The van der Waals surface area contributed by atoms with Crippen molar-refractivity contribution in [1.82, 2.24) is 15.1 Å². The summed E-state index contributed by atoms with van der Waals surface area (Å²) in [7, 11) is 0. The molecule has 0 spiro atoms. The monoisotopic (exact) mass is 392 g/mol. The van der Waals surface area contributed by atoms with Crippen LogP contribution < -0.4 is 10.2 Å². The van der Waals surface area contributed by atoms with Crippen molar-refractivity contribution in [2.75, 3.05) is 57.3 Å². The predicted octanol–water partition coefficient (Wildman–Crippen LogP) is 1.84. The van der Waals surface area contributed by atoms with Crippen LogP contribution in [0.25, 0.3) is 0 Å². The molecule has 148 valence electrons. The van der Waals surface area contributed by atoms with Gasteiger partial charge >= 0.3 is 0 Å². The number of anilines is 1. The lowest BCUT2D eigenvalue weighted by atomic mass is 10.1. The Labute approximate surface area is 166 Å². The molecule has 2 heterocycles. The van der Waals surface area contributed by atoms with E-state index in [-0.39, 0.29) is 11.8 Å². The van der Waals surface area contributed by atoms with Crippen LogP contribution in [-0.4, -0.2) is 74.0 Å². The van der Waals surface area contributed by atoms with Gasteiger partial charge in [-0.2, -0.15) is 0 Å². The van der Waals surface area contributed by atoms with Crippen molar-refractivity contribution in [2.24, 2.45) is 5.92 Å². The highest BCUT2D eigenvalue weighted by molar-refractivity contribution is 6.30. The quantitative estimate of drug-likeness (QED) is 0.568. The van der Waals surface area contributed by atoms with Crippen LogP contribution in [0.15, 0.2) is 24.3 Å². The molecular weight excluding hydrogens is 364 g/mol. The van der Waals surface area contributed by atoms with E-state index in [1.54, 1.807) is 17.0 Å². The molecule has 1 N–H and O–H groups in total. The summed E-state index contributed by atoms with van der Waals surface area (Å²) < 4.78 is 0. The molecular formula is C20H29ClN4O2. The van der Waals surface area contributed by atoms with Crippen LogP contribution in [0, 0.1) is 5.92 Å². The van der Waals surface area contributed by atoms with E-state index >= 15 is 0 Å². The largest absolute Gasteiger partial charge is 0.355 e. The lowest BCUT2D eigenvalue weighted by Gasteiger charge is -2.34. The smallest absolute Gasteiger partial charge is 0.239 e. The van der Waals surface area contributed by atoms with Gasteiger partial charge in [0.2, 0.25) is 11.8 Å². The molecule has 1 aromatic rings. The Morgan fingerprint density at radius 1 is 1.11 bits per heavy atom. The van der Waals surface area contributed by atoms with E-state index < -0.39 is 5.92 Å². The third-order valence-electron chi connectivity index (χ3n) is 5.52. The third kappa shape index (κ3) is 5.21. The molecule has 0 bridgehead atoms. The van der Waals surface area contributed by atoms with Crippen molar-refractivity contribution in [2.45, 2.75) is 19.8 Å². The van der Waals surface area contributed by atoms with Crippen molar-refractivity contribution in [1.29, 1.82) is 0 Å². The number of benzene rings is 1. The summed E-state index contributed by atoms with van der Waals surface area (Å²) in [6, 6.07) is 7.16. The second-order valence-corrected chi connectivity index (χ2v) is 7.66. The SMILES string of the molecule is CCN1CCN(CCCNC(=O)[C@H]2CCN(c3ccc(Cl)cc3)C2=O)CC1. The van der Waals surface area contributed by atoms with Crippen LogP contribution in [0.4, 0.5) is 5.69 Å². The molecule has 27 heavy (non-hydrogen) atoms. The zero-order chi connectivity index (χ0) is 19.2. The van der Waals surface area contributed by atoms with Gasteiger partial charge < -0.3 is 20.0 Å². The summed E-state index contributed by atoms with van der Waals surface area (Å²) >= 11 is 5.90. The molecule has 2 amide bonds. The molecule has 0 radical (unpaired) electrons. The summed E-state index contributed by atoms with van der Waals surface area (Å²) in [6.07, 6.45) is 1.48. The molecule has 3 rings (SSSR count). The number of hydrogen-bond donors (Lipinski definition) is 1. The van der Waals surface area contributed by atoms with E-state index in [1.807, 2.05) is 12.1 Å². The molecule has 1 aromatic carbocycles. The van der Waals surface area contributed by atoms with Gasteiger partial charge in [0, 0.05) is 50.0 Å². The van der Waals surface area contributed by atoms with Crippen LogP contribution >= 0.6 is 11.6 Å². The van der Waals surface area contributed by atoms with E-state index in [0.717, 1.165) is 51.4 Å². The van der Waals surface area contributed by atoms with Crippen molar-refractivity contribution >= 4 is 29.1 Å². The van der Waals surface area contributed by atoms with Crippen LogP contribution in [0.3, 0.4) is 0 Å². The van der Waals surface area contributed by atoms with Gasteiger partial charge in [0.25, 0.3) is 0 Å². The normalized spacial score (nSPS) is 21.6. The fourth-order valence-corrected chi connectivity index (χ4v) is 3.89. The number of carbonyl (C=O) groups is 2. The summed E-state index contributed by atoms with van der Waals surface area (Å²) in [5.41, 5.74) is 0.797. The lowest BCUT2D eigenvalue weighted by Crippen LogP contribution is -2.46. The van der Waals surface area contributed by atoms with E-state index in [0.29, 0.717) is 24.5 Å². The molecule has 0 aromatic heterocycles. The topological polar surface area (TPSA) is 55.9 Å². The highest BCUT2D eigenvalue weighted by Crippen LogP contribution is 2.26. The molecule has 1 atom stereocenters. The maximum atomic E-state index is 12.6. The van der Waals surface area contributed by atoms with Gasteiger partial charge in [-0.15, -0.1) is 0 Å². The Balaban J connectivity index is 1.38. The second kappa shape index (κ2) is 9.53. The van der Waals surface area contributed by atoms with Crippen LogP contribution in [-0.2, 0) is 9.59 Å². The standard InChI is InChI=1S/C20H29ClN4O2/c1-2-23-12-14-24(15-13-23)10-3-9-22-19(26)18-8-11-25(20(18)27)17-6-4-16(21)5-7-17/h4-7,18H,2-3,8-15H2,1H3,(H,22,26)/t18-/m1/s1. The fraction of sp³-hybridized carbons (Fsp3) is 0.600. The number of nitrogens with zero attached hydrogens (tertiary/aromatic N) is 3. The highest BCUT2D eigenvalue weighted by Gasteiger charge is 2.37. The first-order chi connectivity index (χ1) is 13.1. The number of hydrogen-bond acceptors (Lipinski definition) is 4. The summed E-state index contributed by atoms with van der Waals surface area (Å²) in [4.78, 5) is 31.6. The first-order valence-corrected chi connectivity index (χ1v) is 10.3. The minimum Gasteiger partial charge on any atom is -0.355 e. The molecule has 2 aliphatic heterocycles. The lowest BCUT2D eigenvalue weighted by molar-refractivity contribution is -0.132. The molecule has 2 saturated heterocycles. The molecule has 2 aliphatic rings. The van der Waals surface area contributed by atoms with Gasteiger partial charge in [-0.3, -0.25) is 9.59 Å². The average molecular weight is 393 g/mol. The zero-order valence-electron chi connectivity index (χ0n) is 16.0. The Morgan fingerprint density at radius 2 is 1.78 bits per heavy atom. The van der Waals surface area contributed by atoms with Crippen LogP contribution in [0.1, 0.15) is 19.8 Å². The first kappa shape index (κ1) is 20.1. The Hall–Kier alpha value is -1.63. The Morgan fingerprint density at radius 3 is 2.44 bits per heavy atom. The third-order valence-corrected chi connectivity index (χ3v) is 5.77. The number of amides is 2. The number of rotatable bonds is 7. The van der Waals surface area contributed by atoms with Crippen molar-refractivity contribution in [3.8, 4) is 0 Å². The second-order valence-electron chi connectivity index (χ2n) is 7.23. The van der Waals surface area contributed by atoms with Gasteiger partial charge in [0.05, 0.1) is 0 Å². The van der Waals surface area contributed by atoms with Crippen LogP contribution in [0.2, 0.25) is 5.02 Å². The van der Waals surface area contributed by atoms with Gasteiger partial charge in [-0.05, 0) is 50.2 Å². The summed E-state index contributed by atoms with van der Waals surface area (Å²) in [5.74, 6) is -0.841. The molecule has 0 aliphatic carbocycles. The fourth-order valence-electron chi connectivity index (χ4n) is 3.77. The van der Waals surface area contributed by atoms with E-state index in [9.17, 15) is 9.59 Å². The van der Waals surface area contributed by atoms with Crippen molar-refractivity contribution < 1.29 is 9.59 Å². The molecule has 6 nitrogen and oxygen atoms in total. The Kier molecular flexibility index (Phi) is 7.10. The number of nitrogens with one attached hydrogen (secondary N) is 1. The summed E-state index contributed by atoms with van der Waals surface area (Å²) in [6.45, 7) is 9.94. The van der Waals surface area contributed by atoms with Crippen molar-refractivity contribution in [3.05, 3.63) is 29.3 Å². The number of likely N-dealkylation sites (N-methyl/N-ethyl adjacent to an activating group) is 1. The minimum atomic E-state index is -0.575. The van der Waals surface area contributed by atoms with Gasteiger partial charge in [0.1, 0.15) is 5.92 Å². The van der Waals surface area contributed by atoms with Gasteiger partial charge in [-0.1, -0.05) is 18.5 Å². The van der Waals surface area contributed by atoms with Crippen LogP contribution in [0.5, 0.6) is 0 Å². The highest BCUT2D eigenvalue weighted by atomic mass is 35.5. The van der Waals surface area contributed by atoms with E-state index in [1.165, 1.54) is 0 Å². The summed E-state index contributed by atoms with van der Waals surface area (Å²) in [5, 5.41) is 3.59. The average Bonchev–Trinajstić information content (AvgIpc) is 3.07.